The van der Waals surface area contributed by atoms with Gasteiger partial charge in [-0.25, -0.2) is 0 Å². The molecule has 2 atom stereocenters. The highest BCUT2D eigenvalue weighted by Crippen LogP contribution is 2.41. The lowest BCUT2D eigenvalue weighted by molar-refractivity contribution is -0.141. The first-order valence-corrected chi connectivity index (χ1v) is 8.15. The number of aromatic amines is 1. The lowest BCUT2D eigenvalue weighted by atomic mass is 9.98. The van der Waals surface area contributed by atoms with Crippen LogP contribution in [0.5, 0.6) is 0 Å². The van der Waals surface area contributed by atoms with Crippen LogP contribution in [-0.2, 0) is 6.18 Å². The maximum Gasteiger partial charge on any atom is 0.432 e. The summed E-state index contributed by atoms with van der Waals surface area (Å²) in [5.41, 5.74) is -1.27. The summed E-state index contributed by atoms with van der Waals surface area (Å²) < 4.78 is 37.8. The average molecular weight is 346 g/mol. The summed E-state index contributed by atoms with van der Waals surface area (Å²) in [6.07, 6.45) is -1.61. The van der Waals surface area contributed by atoms with Gasteiger partial charge in [0.15, 0.2) is 5.69 Å². The summed E-state index contributed by atoms with van der Waals surface area (Å²) in [4.78, 5) is 14.4. The van der Waals surface area contributed by atoms with Crippen LogP contribution < -0.4 is 5.32 Å². The van der Waals surface area contributed by atoms with Crippen LogP contribution in [0.15, 0.2) is 6.07 Å². The number of alkyl halides is 3. The molecule has 134 valence electrons. The van der Waals surface area contributed by atoms with Crippen LogP contribution >= 0.6 is 0 Å². The second-order valence-corrected chi connectivity index (χ2v) is 6.58. The van der Waals surface area contributed by atoms with Gasteiger partial charge < -0.3 is 15.3 Å². The number of aliphatic hydroxyl groups excluding tert-OH is 1. The van der Waals surface area contributed by atoms with Crippen molar-refractivity contribution < 1.29 is 23.1 Å². The van der Waals surface area contributed by atoms with E-state index in [-0.39, 0.29) is 18.3 Å². The van der Waals surface area contributed by atoms with Crippen molar-refractivity contribution in [1.82, 2.24) is 20.4 Å². The zero-order valence-electron chi connectivity index (χ0n) is 13.1. The van der Waals surface area contributed by atoms with Crippen LogP contribution in [0.3, 0.4) is 0 Å². The summed E-state index contributed by atoms with van der Waals surface area (Å²) in [7, 11) is 0. The summed E-state index contributed by atoms with van der Waals surface area (Å²) in [5.74, 6) is 0.300. The Morgan fingerprint density at radius 3 is 2.75 bits per heavy atom. The number of H-pyrrole nitrogens is 1. The van der Waals surface area contributed by atoms with Crippen LogP contribution in [0.4, 0.5) is 13.2 Å². The van der Waals surface area contributed by atoms with Gasteiger partial charge in [0.1, 0.15) is 5.69 Å². The maximum absolute atomic E-state index is 12.6. The van der Waals surface area contributed by atoms with Crippen molar-refractivity contribution in [3.8, 4) is 0 Å². The first-order valence-electron chi connectivity index (χ1n) is 8.15. The minimum absolute atomic E-state index is 0.0882. The molecule has 1 aliphatic heterocycles. The number of aliphatic hydroxyl groups is 1. The van der Waals surface area contributed by atoms with Crippen molar-refractivity contribution in [2.75, 3.05) is 26.2 Å². The lowest BCUT2D eigenvalue weighted by Crippen LogP contribution is -2.41. The Hall–Kier alpha value is -1.61. The molecule has 9 heteroatoms. The molecule has 0 aromatic carbocycles. The van der Waals surface area contributed by atoms with E-state index in [1.165, 1.54) is 0 Å². The van der Waals surface area contributed by atoms with Gasteiger partial charge in [0, 0.05) is 38.3 Å². The number of hydrogen-bond donors (Lipinski definition) is 3. The standard InChI is InChI=1S/C15H21F3N4O2/c16-15(17,18)13-6-11(20-21-13)14(24)19-12-8-22(4-1-5-23)7-10(12)9-2-3-9/h6,9-10,12,23H,1-5,7-8H2,(H,19,24)(H,20,21)/t10-,12+/m0/s1. The van der Waals surface area contributed by atoms with Crippen molar-refractivity contribution in [1.29, 1.82) is 0 Å². The minimum Gasteiger partial charge on any atom is -0.396 e. The molecular formula is C15H21F3N4O2. The van der Waals surface area contributed by atoms with Crippen LogP contribution in [0.1, 0.15) is 35.4 Å². The van der Waals surface area contributed by atoms with Gasteiger partial charge in [-0.2, -0.15) is 18.3 Å². The van der Waals surface area contributed by atoms with E-state index in [9.17, 15) is 18.0 Å². The van der Waals surface area contributed by atoms with Crippen LogP contribution in [0.25, 0.3) is 0 Å². The normalized spacial score (nSPS) is 25.2. The number of carbonyl (C=O) groups excluding carboxylic acids is 1. The summed E-state index contributed by atoms with van der Waals surface area (Å²) >= 11 is 0. The molecule has 2 aliphatic rings. The molecule has 3 N–H and O–H groups in total. The van der Waals surface area contributed by atoms with Crippen molar-refractivity contribution in [3.63, 3.8) is 0 Å². The third-order valence-electron chi connectivity index (χ3n) is 4.73. The van der Waals surface area contributed by atoms with Gasteiger partial charge in [-0.1, -0.05) is 0 Å². The molecule has 0 spiro atoms. The number of likely N-dealkylation sites (tertiary alicyclic amines) is 1. The number of carbonyl (C=O) groups is 1. The quantitative estimate of drug-likeness (QED) is 0.724. The molecule has 6 nitrogen and oxygen atoms in total. The summed E-state index contributed by atoms with van der Waals surface area (Å²) in [6, 6.07) is 0.648. The Kier molecular flexibility index (Phi) is 4.82. The predicted octanol–water partition coefficient (Wildman–Crippen LogP) is 1.25. The fourth-order valence-electron chi connectivity index (χ4n) is 3.37. The number of amides is 1. The highest BCUT2D eigenvalue weighted by atomic mass is 19.4. The molecule has 1 aromatic heterocycles. The molecule has 24 heavy (non-hydrogen) atoms. The Labute approximate surface area is 137 Å². The molecule has 2 fully saturated rings. The molecule has 0 bridgehead atoms. The average Bonchev–Trinajstić information content (AvgIpc) is 3.08. The van der Waals surface area contributed by atoms with Crippen molar-refractivity contribution in [3.05, 3.63) is 17.5 Å². The molecule has 3 rings (SSSR count). The molecule has 2 heterocycles. The highest BCUT2D eigenvalue weighted by Gasteiger charge is 2.43. The zero-order valence-corrected chi connectivity index (χ0v) is 13.1. The maximum atomic E-state index is 12.6. The smallest absolute Gasteiger partial charge is 0.396 e. The summed E-state index contributed by atoms with van der Waals surface area (Å²) in [5, 5.41) is 17.1. The number of nitrogens with zero attached hydrogens (tertiary/aromatic N) is 2. The number of halogens is 3. The Morgan fingerprint density at radius 2 is 2.17 bits per heavy atom. The Morgan fingerprint density at radius 1 is 1.42 bits per heavy atom. The van der Waals surface area contributed by atoms with E-state index in [0.29, 0.717) is 24.8 Å². The van der Waals surface area contributed by atoms with Crippen molar-refractivity contribution in [2.24, 2.45) is 11.8 Å². The number of nitrogens with one attached hydrogen (secondary N) is 2. The second kappa shape index (κ2) is 6.72. The SMILES string of the molecule is O=C(N[C@@H]1CN(CCCO)C[C@H]1C1CC1)c1cc(C(F)(F)F)[nH]n1. The molecular weight excluding hydrogens is 325 g/mol. The van der Waals surface area contributed by atoms with E-state index >= 15 is 0 Å². The molecule has 1 aliphatic carbocycles. The Balaban J connectivity index is 1.63. The first-order chi connectivity index (χ1) is 11.4. The molecule has 1 amide bonds. The van der Waals surface area contributed by atoms with Crippen LogP contribution in [0.2, 0.25) is 0 Å². The van der Waals surface area contributed by atoms with Crippen molar-refractivity contribution in [2.45, 2.75) is 31.5 Å². The van der Waals surface area contributed by atoms with Gasteiger partial charge >= 0.3 is 6.18 Å². The summed E-state index contributed by atoms with van der Waals surface area (Å²) in [6.45, 7) is 2.38. The largest absolute Gasteiger partial charge is 0.432 e. The molecule has 1 aromatic rings. The Bertz CT molecular complexity index is 586. The molecule has 1 saturated carbocycles. The minimum atomic E-state index is -4.55. The highest BCUT2D eigenvalue weighted by molar-refractivity contribution is 5.92. The van der Waals surface area contributed by atoms with Gasteiger partial charge in [0.05, 0.1) is 0 Å². The van der Waals surface area contributed by atoms with Gasteiger partial charge in [-0.05, 0) is 31.1 Å². The van der Waals surface area contributed by atoms with E-state index in [1.54, 1.807) is 0 Å². The van der Waals surface area contributed by atoms with Gasteiger partial charge in [-0.15, -0.1) is 0 Å². The predicted molar refractivity (Wildman–Crippen MR) is 79.2 cm³/mol. The third-order valence-corrected chi connectivity index (χ3v) is 4.73. The van der Waals surface area contributed by atoms with Gasteiger partial charge in [0.2, 0.25) is 0 Å². The number of hydrogen-bond acceptors (Lipinski definition) is 4. The molecule has 0 radical (unpaired) electrons. The first kappa shape index (κ1) is 17.2. The monoisotopic (exact) mass is 346 g/mol. The number of aromatic nitrogens is 2. The molecule has 0 unspecified atom stereocenters. The van der Waals surface area contributed by atoms with Crippen LogP contribution in [-0.4, -0.2) is 58.4 Å². The van der Waals surface area contributed by atoms with Crippen molar-refractivity contribution >= 4 is 5.91 Å². The van der Waals surface area contributed by atoms with E-state index in [2.05, 4.69) is 15.3 Å². The van der Waals surface area contributed by atoms with Crippen LogP contribution in [0, 0.1) is 11.8 Å². The fraction of sp³-hybridized carbons (Fsp3) is 0.733. The second-order valence-electron chi connectivity index (χ2n) is 6.58. The fourth-order valence-corrected chi connectivity index (χ4v) is 3.37. The van der Waals surface area contributed by atoms with E-state index in [0.717, 1.165) is 32.0 Å². The van der Waals surface area contributed by atoms with E-state index in [1.807, 2.05) is 5.10 Å². The topological polar surface area (TPSA) is 81.3 Å². The van der Waals surface area contributed by atoms with E-state index < -0.39 is 17.8 Å². The number of rotatable bonds is 6. The van der Waals surface area contributed by atoms with Gasteiger partial charge in [-0.3, -0.25) is 9.89 Å². The molecule has 1 saturated heterocycles. The van der Waals surface area contributed by atoms with Gasteiger partial charge in [0.25, 0.3) is 5.91 Å². The van der Waals surface area contributed by atoms with E-state index in [4.69, 9.17) is 5.11 Å². The lowest BCUT2D eigenvalue weighted by Gasteiger charge is -2.18. The third kappa shape index (κ3) is 3.89. The zero-order chi connectivity index (χ0) is 17.3.